The highest BCUT2D eigenvalue weighted by molar-refractivity contribution is 5.98. The van der Waals surface area contributed by atoms with Gasteiger partial charge in [0, 0.05) is 44.1 Å². The quantitative estimate of drug-likeness (QED) is 0.559. The molecule has 152 valence electrons. The molecule has 0 aliphatic carbocycles. The van der Waals surface area contributed by atoms with Gasteiger partial charge in [-0.1, -0.05) is 48.5 Å². The van der Waals surface area contributed by atoms with Crippen LogP contribution >= 0.6 is 24.8 Å². The minimum Gasteiger partial charge on any atom is -0.359 e. The molecule has 1 saturated heterocycles. The van der Waals surface area contributed by atoms with Crippen molar-refractivity contribution in [3.8, 4) is 0 Å². The number of hydrogen-bond donors (Lipinski definition) is 0. The lowest BCUT2D eigenvalue weighted by molar-refractivity contribution is 0.448. The topological polar surface area (TPSA) is 31.7 Å². The summed E-state index contributed by atoms with van der Waals surface area (Å²) >= 11 is 0. The number of anilines is 1. The third-order valence-corrected chi connectivity index (χ3v) is 5.65. The first kappa shape index (κ1) is 21.4. The number of para-hydroxylation sites is 1. The molecule has 0 radical (unpaired) electrons. The predicted octanol–water partition coefficient (Wildman–Crippen LogP) is 5.40. The Bertz CT molecular complexity index is 1020. The largest absolute Gasteiger partial charge is 0.359 e. The maximum Gasteiger partial charge on any atom is 0.134 e. The number of halogens is 2. The van der Waals surface area contributed by atoms with Gasteiger partial charge in [-0.25, -0.2) is 9.98 Å². The Labute approximate surface area is 184 Å². The Hall–Kier alpha value is -2.30. The molecule has 3 heterocycles. The Kier molecular flexibility index (Phi) is 6.66. The van der Waals surface area contributed by atoms with Crippen LogP contribution in [0.5, 0.6) is 0 Å². The van der Waals surface area contributed by atoms with E-state index >= 15 is 0 Å². The fourth-order valence-electron chi connectivity index (χ4n) is 4.23. The summed E-state index contributed by atoms with van der Waals surface area (Å²) < 4.78 is 0. The third-order valence-electron chi connectivity index (χ3n) is 5.65. The molecule has 1 aromatic heterocycles. The van der Waals surface area contributed by atoms with Gasteiger partial charge in [0.25, 0.3) is 0 Å². The standard InChI is InChI=1S/C23H24N4.2ClH/c1-26-15-13-19-22(18-10-5-6-11-20(18)24-23(19)26)25-21-12-7-14-27(21)16-17-8-3-2-4-9-17;;/h2-6,8-11H,7,12-16H2,1H3;2*1H. The fraction of sp³-hybridized carbons (Fsp3) is 0.304. The molecule has 0 N–H and O–H groups in total. The highest BCUT2D eigenvalue weighted by Gasteiger charge is 2.25. The minimum absolute atomic E-state index is 0. The first-order valence-electron chi connectivity index (χ1n) is 9.79. The molecule has 3 aromatic rings. The van der Waals surface area contributed by atoms with Crippen molar-refractivity contribution >= 4 is 53.1 Å². The number of likely N-dealkylation sites (tertiary alicyclic amines) is 1. The van der Waals surface area contributed by atoms with Gasteiger partial charge in [0.1, 0.15) is 11.7 Å². The van der Waals surface area contributed by atoms with Crippen molar-refractivity contribution in [1.29, 1.82) is 0 Å². The van der Waals surface area contributed by atoms with Crippen molar-refractivity contribution in [3.05, 3.63) is 65.7 Å². The lowest BCUT2D eigenvalue weighted by Crippen LogP contribution is -2.24. The summed E-state index contributed by atoms with van der Waals surface area (Å²) in [5.41, 5.74) is 4.82. The summed E-state index contributed by atoms with van der Waals surface area (Å²) in [6.45, 7) is 3.04. The lowest BCUT2D eigenvalue weighted by Gasteiger charge is -2.20. The van der Waals surface area contributed by atoms with Gasteiger partial charge in [-0.15, -0.1) is 24.8 Å². The predicted molar refractivity (Wildman–Crippen MR) is 126 cm³/mol. The first-order valence-corrected chi connectivity index (χ1v) is 9.79. The number of pyridine rings is 1. The van der Waals surface area contributed by atoms with E-state index in [4.69, 9.17) is 9.98 Å². The zero-order valence-corrected chi connectivity index (χ0v) is 18.2. The molecule has 6 heteroatoms. The number of fused-ring (bicyclic) bond motifs is 2. The van der Waals surface area contributed by atoms with Crippen molar-refractivity contribution < 1.29 is 0 Å². The van der Waals surface area contributed by atoms with E-state index in [0.29, 0.717) is 0 Å². The van der Waals surface area contributed by atoms with E-state index in [1.807, 2.05) is 0 Å². The molecule has 0 bridgehead atoms. The van der Waals surface area contributed by atoms with Crippen molar-refractivity contribution in [2.45, 2.75) is 25.8 Å². The Morgan fingerprint density at radius 3 is 2.52 bits per heavy atom. The Morgan fingerprint density at radius 2 is 1.69 bits per heavy atom. The molecule has 0 amide bonds. The maximum atomic E-state index is 5.25. The number of aliphatic imine (C=N–C) groups is 1. The maximum absolute atomic E-state index is 5.25. The van der Waals surface area contributed by atoms with E-state index in [1.54, 1.807) is 0 Å². The fourth-order valence-corrected chi connectivity index (χ4v) is 4.23. The molecular formula is C23H26Cl2N4. The summed E-state index contributed by atoms with van der Waals surface area (Å²) in [6.07, 6.45) is 3.25. The zero-order chi connectivity index (χ0) is 18.2. The first-order chi connectivity index (χ1) is 13.3. The number of hydrogen-bond acceptors (Lipinski definition) is 3. The third kappa shape index (κ3) is 4.05. The molecule has 4 nitrogen and oxygen atoms in total. The van der Waals surface area contributed by atoms with Gasteiger partial charge >= 0.3 is 0 Å². The van der Waals surface area contributed by atoms with Crippen LogP contribution in [0.25, 0.3) is 10.9 Å². The molecule has 0 saturated carbocycles. The van der Waals surface area contributed by atoms with Crippen LogP contribution in [-0.4, -0.2) is 35.9 Å². The van der Waals surface area contributed by atoms with E-state index in [1.165, 1.54) is 28.8 Å². The van der Waals surface area contributed by atoms with Crippen LogP contribution in [0.15, 0.2) is 59.6 Å². The van der Waals surface area contributed by atoms with Crippen molar-refractivity contribution in [2.24, 2.45) is 4.99 Å². The Morgan fingerprint density at radius 1 is 0.931 bits per heavy atom. The summed E-state index contributed by atoms with van der Waals surface area (Å²) in [4.78, 5) is 14.8. The average Bonchev–Trinajstić information content (AvgIpc) is 3.29. The van der Waals surface area contributed by atoms with Gasteiger partial charge in [0.15, 0.2) is 0 Å². The molecule has 0 unspecified atom stereocenters. The molecule has 2 aliphatic rings. The second kappa shape index (κ2) is 9.02. The van der Waals surface area contributed by atoms with Gasteiger partial charge in [0.2, 0.25) is 0 Å². The molecular weight excluding hydrogens is 403 g/mol. The summed E-state index contributed by atoms with van der Waals surface area (Å²) in [5.74, 6) is 2.31. The lowest BCUT2D eigenvalue weighted by atomic mass is 10.1. The molecule has 5 rings (SSSR count). The monoisotopic (exact) mass is 428 g/mol. The highest BCUT2D eigenvalue weighted by Crippen LogP contribution is 2.39. The van der Waals surface area contributed by atoms with Gasteiger partial charge in [-0.2, -0.15) is 0 Å². The number of amidine groups is 1. The summed E-state index contributed by atoms with van der Waals surface area (Å²) in [6, 6.07) is 19.1. The number of likely N-dealkylation sites (N-methyl/N-ethyl adjacent to an activating group) is 1. The van der Waals surface area contributed by atoms with E-state index in [-0.39, 0.29) is 24.8 Å². The van der Waals surface area contributed by atoms with E-state index < -0.39 is 0 Å². The van der Waals surface area contributed by atoms with E-state index in [0.717, 1.165) is 49.5 Å². The van der Waals surface area contributed by atoms with Gasteiger partial charge in [0.05, 0.1) is 11.2 Å². The zero-order valence-electron chi connectivity index (χ0n) is 16.5. The normalized spacial score (nSPS) is 16.7. The molecule has 2 aliphatic heterocycles. The molecule has 2 aromatic carbocycles. The van der Waals surface area contributed by atoms with Gasteiger partial charge < -0.3 is 9.80 Å². The van der Waals surface area contributed by atoms with Crippen LogP contribution in [0.2, 0.25) is 0 Å². The SMILES string of the molecule is CN1CCc2c1nc1ccccc1c2N=C1CCCN1Cc1ccccc1.Cl.Cl. The smallest absolute Gasteiger partial charge is 0.134 e. The van der Waals surface area contributed by atoms with Gasteiger partial charge in [-0.05, 0) is 24.5 Å². The van der Waals surface area contributed by atoms with E-state index in [2.05, 4.69) is 71.4 Å². The average molecular weight is 429 g/mol. The Balaban J connectivity index is 0.00000120. The van der Waals surface area contributed by atoms with Crippen molar-refractivity contribution in [1.82, 2.24) is 9.88 Å². The second-order valence-electron chi connectivity index (χ2n) is 7.49. The number of nitrogens with zero attached hydrogens (tertiary/aromatic N) is 4. The number of rotatable bonds is 3. The van der Waals surface area contributed by atoms with Crippen LogP contribution < -0.4 is 4.90 Å². The minimum atomic E-state index is 0. The molecule has 29 heavy (non-hydrogen) atoms. The van der Waals surface area contributed by atoms with Gasteiger partial charge in [-0.3, -0.25) is 0 Å². The molecule has 0 spiro atoms. The van der Waals surface area contributed by atoms with Crippen LogP contribution in [0.3, 0.4) is 0 Å². The van der Waals surface area contributed by atoms with Crippen LogP contribution in [0, 0.1) is 0 Å². The number of aromatic nitrogens is 1. The van der Waals surface area contributed by atoms with E-state index in [9.17, 15) is 0 Å². The van der Waals surface area contributed by atoms with Crippen LogP contribution in [-0.2, 0) is 13.0 Å². The van der Waals surface area contributed by atoms with Crippen LogP contribution in [0.1, 0.15) is 24.0 Å². The van der Waals surface area contributed by atoms with Crippen LogP contribution in [0.4, 0.5) is 11.5 Å². The summed E-state index contributed by atoms with van der Waals surface area (Å²) in [5, 5.41) is 1.17. The second-order valence-corrected chi connectivity index (χ2v) is 7.49. The number of benzene rings is 2. The molecule has 0 atom stereocenters. The molecule has 1 fully saturated rings. The highest BCUT2D eigenvalue weighted by atomic mass is 35.5. The summed E-state index contributed by atoms with van der Waals surface area (Å²) in [7, 11) is 2.13. The van der Waals surface area contributed by atoms with Crippen molar-refractivity contribution in [3.63, 3.8) is 0 Å². The van der Waals surface area contributed by atoms with Crippen molar-refractivity contribution in [2.75, 3.05) is 25.0 Å².